The fourth-order valence-electron chi connectivity index (χ4n) is 2.77. The van der Waals surface area contributed by atoms with Gasteiger partial charge in [-0.25, -0.2) is 0 Å². The molecule has 1 heterocycles. The Labute approximate surface area is 97.0 Å². The second-order valence-electron chi connectivity index (χ2n) is 5.46. The van der Waals surface area contributed by atoms with E-state index in [0.717, 1.165) is 6.42 Å². The zero-order valence-electron chi connectivity index (χ0n) is 10.5. The van der Waals surface area contributed by atoms with Gasteiger partial charge in [-0.1, -0.05) is 20.3 Å². The molecule has 1 aliphatic heterocycles. The molecule has 1 rings (SSSR count). The molecule has 1 saturated heterocycles. The highest BCUT2D eigenvalue weighted by Gasteiger charge is 2.44. The highest BCUT2D eigenvalue weighted by atomic mass is 16.2. The van der Waals surface area contributed by atoms with Crippen LogP contribution in [0.5, 0.6) is 0 Å². The van der Waals surface area contributed by atoms with Gasteiger partial charge in [0.2, 0.25) is 11.8 Å². The summed E-state index contributed by atoms with van der Waals surface area (Å²) in [5.74, 6) is -0.213. The van der Waals surface area contributed by atoms with Crippen molar-refractivity contribution >= 4 is 11.8 Å². The van der Waals surface area contributed by atoms with E-state index >= 15 is 0 Å². The Hall–Kier alpha value is -0.900. The summed E-state index contributed by atoms with van der Waals surface area (Å²) in [5, 5.41) is 2.36. The lowest BCUT2D eigenvalue weighted by Crippen LogP contribution is -2.49. The zero-order valence-corrected chi connectivity index (χ0v) is 10.5. The maximum Gasteiger partial charge on any atom is 0.230 e. The first kappa shape index (κ1) is 13.2. The lowest BCUT2D eigenvalue weighted by atomic mass is 9.70. The lowest BCUT2D eigenvalue weighted by molar-refractivity contribution is -0.127. The maximum atomic E-state index is 11.7. The van der Waals surface area contributed by atoms with Gasteiger partial charge in [-0.3, -0.25) is 14.9 Å². The molecule has 4 heteroatoms. The predicted molar refractivity (Wildman–Crippen MR) is 62.5 cm³/mol. The van der Waals surface area contributed by atoms with E-state index in [-0.39, 0.29) is 30.1 Å². The number of imide groups is 1. The second kappa shape index (κ2) is 4.53. The van der Waals surface area contributed by atoms with Gasteiger partial charge in [-0.15, -0.1) is 0 Å². The van der Waals surface area contributed by atoms with Crippen LogP contribution >= 0.6 is 0 Å². The predicted octanol–water partition coefficient (Wildman–Crippen LogP) is 1.05. The van der Waals surface area contributed by atoms with Crippen LogP contribution in [0.25, 0.3) is 0 Å². The molecule has 16 heavy (non-hydrogen) atoms. The zero-order chi connectivity index (χ0) is 12.5. The summed E-state index contributed by atoms with van der Waals surface area (Å²) in [4.78, 5) is 22.9. The molecule has 3 unspecified atom stereocenters. The van der Waals surface area contributed by atoms with Gasteiger partial charge in [-0.05, 0) is 25.7 Å². The van der Waals surface area contributed by atoms with E-state index in [4.69, 9.17) is 5.73 Å². The number of nitrogens with one attached hydrogen (secondary N) is 1. The number of nitrogens with two attached hydrogens (primary N) is 1. The van der Waals surface area contributed by atoms with Crippen LogP contribution in [-0.4, -0.2) is 17.4 Å². The minimum atomic E-state index is -0.442. The average molecular weight is 226 g/mol. The van der Waals surface area contributed by atoms with Gasteiger partial charge in [0.25, 0.3) is 0 Å². The molecule has 0 aromatic heterocycles. The minimum absolute atomic E-state index is 0.0453. The van der Waals surface area contributed by atoms with Crippen molar-refractivity contribution in [2.24, 2.45) is 23.5 Å². The van der Waals surface area contributed by atoms with Crippen molar-refractivity contribution in [3.05, 3.63) is 0 Å². The SMILES string of the molecule is CCC(C)C(C1CC(=O)NC1=O)C(C)(C)N. The molecule has 3 atom stereocenters. The number of carbonyl (C=O) groups is 2. The number of hydrogen-bond donors (Lipinski definition) is 2. The van der Waals surface area contributed by atoms with Crippen molar-refractivity contribution in [3.63, 3.8) is 0 Å². The molecule has 3 N–H and O–H groups in total. The van der Waals surface area contributed by atoms with Crippen molar-refractivity contribution in [2.45, 2.75) is 46.1 Å². The van der Waals surface area contributed by atoms with Crippen molar-refractivity contribution in [2.75, 3.05) is 0 Å². The van der Waals surface area contributed by atoms with Gasteiger partial charge in [0.15, 0.2) is 0 Å². The van der Waals surface area contributed by atoms with E-state index in [0.29, 0.717) is 5.92 Å². The van der Waals surface area contributed by atoms with Crippen LogP contribution in [0.2, 0.25) is 0 Å². The molecule has 4 nitrogen and oxygen atoms in total. The molecule has 0 aromatic carbocycles. The van der Waals surface area contributed by atoms with Gasteiger partial charge in [0, 0.05) is 12.0 Å². The Bertz CT molecular complexity index is 294. The third-order valence-corrected chi connectivity index (χ3v) is 3.55. The first-order valence-corrected chi connectivity index (χ1v) is 5.90. The van der Waals surface area contributed by atoms with E-state index in [1.54, 1.807) is 0 Å². The van der Waals surface area contributed by atoms with Crippen LogP contribution < -0.4 is 11.1 Å². The van der Waals surface area contributed by atoms with Crippen LogP contribution in [0, 0.1) is 17.8 Å². The molecule has 2 amide bonds. The highest BCUT2D eigenvalue weighted by molar-refractivity contribution is 6.03. The number of rotatable bonds is 4. The van der Waals surface area contributed by atoms with E-state index in [1.165, 1.54) is 0 Å². The van der Waals surface area contributed by atoms with Gasteiger partial charge >= 0.3 is 0 Å². The van der Waals surface area contributed by atoms with Crippen LogP contribution in [0.3, 0.4) is 0 Å². The van der Waals surface area contributed by atoms with Crippen LogP contribution in [-0.2, 0) is 9.59 Å². The summed E-state index contributed by atoms with van der Waals surface area (Å²) in [6.45, 7) is 8.03. The van der Waals surface area contributed by atoms with Crippen molar-refractivity contribution < 1.29 is 9.59 Å². The second-order valence-corrected chi connectivity index (χ2v) is 5.46. The Kier molecular flexibility index (Phi) is 3.73. The molecule has 0 aromatic rings. The van der Waals surface area contributed by atoms with Crippen molar-refractivity contribution in [1.29, 1.82) is 0 Å². The Balaban J connectivity index is 2.94. The molecule has 0 spiro atoms. The smallest absolute Gasteiger partial charge is 0.230 e. The maximum absolute atomic E-state index is 11.7. The Morgan fingerprint density at radius 1 is 1.50 bits per heavy atom. The van der Waals surface area contributed by atoms with Gasteiger partial charge in [-0.2, -0.15) is 0 Å². The summed E-state index contributed by atoms with van der Waals surface area (Å²) in [5.41, 5.74) is 5.71. The fourth-order valence-corrected chi connectivity index (χ4v) is 2.77. The van der Waals surface area contributed by atoms with Gasteiger partial charge in [0.05, 0.1) is 5.92 Å². The number of hydrogen-bond acceptors (Lipinski definition) is 3. The molecular formula is C12H22N2O2. The van der Waals surface area contributed by atoms with Crippen molar-refractivity contribution in [3.8, 4) is 0 Å². The summed E-state index contributed by atoms with van der Waals surface area (Å²) in [7, 11) is 0. The summed E-state index contributed by atoms with van der Waals surface area (Å²) in [6.07, 6.45) is 1.25. The Morgan fingerprint density at radius 3 is 2.38 bits per heavy atom. The minimum Gasteiger partial charge on any atom is -0.325 e. The molecule has 1 aliphatic rings. The molecule has 0 saturated carbocycles. The third-order valence-electron chi connectivity index (χ3n) is 3.55. The van der Waals surface area contributed by atoms with Gasteiger partial charge in [0.1, 0.15) is 0 Å². The van der Waals surface area contributed by atoms with E-state index in [9.17, 15) is 9.59 Å². The van der Waals surface area contributed by atoms with Crippen LogP contribution in [0.4, 0.5) is 0 Å². The molecule has 0 bridgehead atoms. The van der Waals surface area contributed by atoms with E-state index in [2.05, 4.69) is 19.2 Å². The molecule has 0 aliphatic carbocycles. The van der Waals surface area contributed by atoms with Crippen LogP contribution in [0.15, 0.2) is 0 Å². The van der Waals surface area contributed by atoms with E-state index < -0.39 is 5.54 Å². The lowest BCUT2D eigenvalue weighted by Gasteiger charge is -2.37. The first-order chi connectivity index (χ1) is 7.27. The molecule has 92 valence electrons. The highest BCUT2D eigenvalue weighted by Crippen LogP contribution is 2.35. The van der Waals surface area contributed by atoms with Crippen molar-refractivity contribution in [1.82, 2.24) is 5.32 Å². The molecule has 0 radical (unpaired) electrons. The normalized spacial score (nSPS) is 25.4. The molecular weight excluding hydrogens is 204 g/mol. The first-order valence-electron chi connectivity index (χ1n) is 5.90. The summed E-state index contributed by atoms with van der Waals surface area (Å²) < 4.78 is 0. The fraction of sp³-hybridized carbons (Fsp3) is 0.833. The monoisotopic (exact) mass is 226 g/mol. The van der Waals surface area contributed by atoms with Gasteiger partial charge < -0.3 is 5.73 Å². The summed E-state index contributed by atoms with van der Waals surface area (Å²) in [6, 6.07) is 0. The number of carbonyl (C=O) groups excluding carboxylic acids is 2. The average Bonchev–Trinajstić information content (AvgIpc) is 2.43. The molecule has 1 fully saturated rings. The largest absolute Gasteiger partial charge is 0.325 e. The Morgan fingerprint density at radius 2 is 2.06 bits per heavy atom. The third kappa shape index (κ3) is 2.61. The number of amides is 2. The summed E-state index contributed by atoms with van der Waals surface area (Å²) >= 11 is 0. The topological polar surface area (TPSA) is 72.2 Å². The standard InChI is InChI=1S/C12H22N2O2/c1-5-7(2)10(12(3,4)13)8-6-9(15)14-11(8)16/h7-8,10H,5-6,13H2,1-4H3,(H,14,15,16). The van der Waals surface area contributed by atoms with E-state index in [1.807, 2.05) is 13.8 Å². The quantitative estimate of drug-likeness (QED) is 0.704. The van der Waals surface area contributed by atoms with Crippen LogP contribution in [0.1, 0.15) is 40.5 Å².